The van der Waals surface area contributed by atoms with E-state index in [0.717, 1.165) is 0 Å². The number of hydroxylamine groups is 1. The molecule has 0 spiro atoms. The van der Waals surface area contributed by atoms with Gasteiger partial charge in [-0.2, -0.15) is 4.62 Å². The van der Waals surface area contributed by atoms with Crippen LogP contribution in [-0.2, 0) is 9.19 Å². The average molecular weight is 299 g/mol. The summed E-state index contributed by atoms with van der Waals surface area (Å²) in [6.45, 7) is 0. The Bertz CT molecular complexity index is 169. The summed E-state index contributed by atoms with van der Waals surface area (Å²) in [5.41, 5.74) is 5.64. The molecule has 0 aromatic heterocycles. The van der Waals surface area contributed by atoms with Gasteiger partial charge < -0.3 is 15.5 Å². The Kier molecular flexibility index (Phi) is 29.8. The van der Waals surface area contributed by atoms with Crippen LogP contribution in [0.2, 0.25) is 0 Å². The predicted molar refractivity (Wildman–Crippen MR) is 54.5 cm³/mol. The van der Waals surface area contributed by atoms with Crippen molar-refractivity contribution in [1.82, 2.24) is 5.48 Å². The molecular formula is CH9CaClKMgN2O5P. The standard InChI is InChI=1S/CH5N2O5P.Ca.ClH.K.Mg.4H/c2-1(4)3-8-9(5,6)7;;;;;;;;/h(H3,2,3,4)(H2,5,6,7);;1H;;;;;;/q;;;+1;;;;;/p-1. The van der Waals surface area contributed by atoms with Crippen LogP contribution < -0.4 is 11.2 Å². The molecule has 0 unspecified atom stereocenters. The average Bonchev–Trinajstić information content (AvgIpc) is 1.87. The van der Waals surface area contributed by atoms with Crippen molar-refractivity contribution in [3.05, 3.63) is 0 Å². The number of amides is 2. The van der Waals surface area contributed by atoms with E-state index in [-0.39, 0.29) is 60.8 Å². The summed E-state index contributed by atoms with van der Waals surface area (Å²) in [5, 5.41) is 0. The Morgan fingerprint density at radius 1 is 1.54 bits per heavy atom. The fourth-order valence-electron chi connectivity index (χ4n) is 0.104. The van der Waals surface area contributed by atoms with E-state index in [1.165, 1.54) is 5.48 Å². The molecule has 0 heterocycles. The van der Waals surface area contributed by atoms with Gasteiger partial charge in [0.15, 0.2) is 0 Å². The summed E-state index contributed by atoms with van der Waals surface area (Å²) in [6, 6.07) is -1.17. The third-order valence-electron chi connectivity index (χ3n) is 0.265. The molecule has 0 aliphatic rings. The van der Waals surface area contributed by atoms with E-state index in [4.69, 9.17) is 13.6 Å². The fourth-order valence-corrected chi connectivity index (χ4v) is 0.313. The molecule has 7 nitrogen and oxygen atoms in total. The van der Waals surface area contributed by atoms with Gasteiger partial charge in [-0.15, -0.1) is 0 Å². The van der Waals surface area contributed by atoms with Gasteiger partial charge in [-0.25, -0.2) is 14.8 Å². The van der Waals surface area contributed by atoms with Gasteiger partial charge >= 0.3 is 126 Å². The van der Waals surface area contributed by atoms with Crippen LogP contribution in [0.15, 0.2) is 0 Å². The Hall–Kier alpha value is 3.33. The first-order chi connectivity index (χ1) is 4.92. The van der Waals surface area contributed by atoms with Crippen LogP contribution >= 0.6 is 11.6 Å². The molecule has 12 heteroatoms. The summed E-state index contributed by atoms with van der Waals surface area (Å²) in [5.74, 6) is 0. The van der Waals surface area contributed by atoms with Gasteiger partial charge in [-0.05, 0) is 0 Å². The van der Waals surface area contributed by atoms with Crippen molar-refractivity contribution in [1.29, 1.82) is 0 Å². The number of primary amides is 1. The first-order valence-electron chi connectivity index (χ1n) is 2.09. The summed E-state index contributed by atoms with van der Waals surface area (Å²) in [6.07, 6.45) is 0. The summed E-state index contributed by atoms with van der Waals surface area (Å²) >= 11 is 0.535. The van der Waals surface area contributed by atoms with Gasteiger partial charge in [-0.1, -0.05) is 0 Å². The third kappa shape index (κ3) is 31.3. The number of carbonyl (C=O) groups excluding carboxylic acids is 1. The van der Waals surface area contributed by atoms with Crippen LogP contribution in [0.25, 0.3) is 0 Å². The van der Waals surface area contributed by atoms with Crippen LogP contribution in [0.3, 0.4) is 0 Å². The van der Waals surface area contributed by atoms with Gasteiger partial charge in [0.05, 0.1) is 0 Å². The Labute approximate surface area is 157 Å². The maximum atomic E-state index is 9.74. The van der Waals surface area contributed by atoms with Gasteiger partial charge in [0, 0.05) is 0 Å². The van der Waals surface area contributed by atoms with Gasteiger partial charge in [0.1, 0.15) is 0 Å². The van der Waals surface area contributed by atoms with E-state index < -0.39 is 13.9 Å². The molecule has 0 radical (unpaired) electrons. The minimum atomic E-state index is -4.63. The Balaban J connectivity index is -0.0000000941. The molecule has 0 fully saturated rings. The second-order valence-electron chi connectivity index (χ2n) is 1.05. The molecule has 5 N–H and O–H groups in total. The van der Waals surface area contributed by atoms with Crippen LogP contribution in [0.5, 0.6) is 0 Å². The number of nitrogens with one attached hydrogen (secondary N) is 1. The molecule has 0 aromatic rings. The van der Waals surface area contributed by atoms with Gasteiger partial charge in [0.2, 0.25) is 0 Å². The quantitative estimate of drug-likeness (QED) is 0.248. The summed E-state index contributed by atoms with van der Waals surface area (Å²) < 4.78 is 18.0. The molecule has 0 aliphatic carbocycles. The minimum Gasteiger partial charge on any atom is 0.316 e. The number of carbonyl (C=O) groups is 1. The van der Waals surface area contributed by atoms with Crippen LogP contribution in [0, 0.1) is 0 Å². The molecule has 13 heavy (non-hydrogen) atoms. The molecule has 0 saturated heterocycles. The zero-order chi connectivity index (χ0) is 9.49. The second kappa shape index (κ2) is 15.3. The number of hydrogen-bond acceptors (Lipinski definition) is 3. The van der Waals surface area contributed by atoms with Crippen molar-refractivity contribution >= 4 is 126 Å². The van der Waals surface area contributed by atoms with Crippen molar-refractivity contribution in [2.24, 2.45) is 5.73 Å². The van der Waals surface area contributed by atoms with Crippen LogP contribution in [0.1, 0.15) is 0 Å². The Morgan fingerprint density at radius 2 is 1.85 bits per heavy atom. The zero-order valence-electron chi connectivity index (χ0n) is 5.52. The monoisotopic (exact) mass is 298 g/mol. The number of halogens is 1. The third-order valence-corrected chi connectivity index (χ3v) is 0.594. The second-order valence-corrected chi connectivity index (χ2v) is 2.21. The Morgan fingerprint density at radius 3 is 1.92 bits per heavy atom. The van der Waals surface area contributed by atoms with Crippen molar-refractivity contribution in [2.75, 3.05) is 0 Å². The van der Waals surface area contributed by atoms with Gasteiger partial charge in [0.25, 0.3) is 0 Å². The van der Waals surface area contributed by atoms with Crippen molar-refractivity contribution in [2.45, 2.75) is 0 Å². The van der Waals surface area contributed by atoms with E-state index in [0.29, 0.717) is 47.1 Å². The normalized spacial score (nSPS) is 8.08. The molecule has 0 atom stereocenters. The number of urea groups is 1. The van der Waals surface area contributed by atoms with Gasteiger partial charge in [-0.3, -0.25) is 0 Å². The van der Waals surface area contributed by atoms with E-state index in [1.54, 1.807) is 0 Å². The number of rotatable bonds is 2. The molecule has 0 aromatic carbocycles. The predicted octanol–water partition coefficient (Wildman–Crippen LogP) is -2.84. The summed E-state index contributed by atoms with van der Waals surface area (Å²) in [4.78, 5) is 25.5. The van der Waals surface area contributed by atoms with Crippen molar-refractivity contribution in [3.8, 4) is 0 Å². The van der Waals surface area contributed by atoms with Crippen LogP contribution in [0.4, 0.5) is 4.79 Å². The van der Waals surface area contributed by atoms with Crippen molar-refractivity contribution in [3.63, 3.8) is 0 Å². The molecule has 0 aliphatic heterocycles. The van der Waals surface area contributed by atoms with E-state index in [2.05, 4.69) is 10.4 Å². The largest absolute Gasteiger partial charge is 0.316 e. The zero-order valence-corrected chi connectivity index (χ0v) is 10.3. The maximum Gasteiger partial charge on any atom is 0.316 e. The summed E-state index contributed by atoms with van der Waals surface area (Å²) in [7, 11) is -4.63. The smallest absolute Gasteiger partial charge is 0.316 e. The van der Waals surface area contributed by atoms with Crippen molar-refractivity contribution < 1.29 is 23.8 Å². The molecule has 2 amide bonds. The number of nitrogens with two attached hydrogens (primary N) is 1. The van der Waals surface area contributed by atoms with E-state index in [1.807, 2.05) is 0 Å². The van der Waals surface area contributed by atoms with Crippen LogP contribution in [-0.4, -0.2) is 124 Å². The number of hydrogen-bond donors (Lipinski definition) is 4. The fraction of sp³-hybridized carbons (Fsp3) is 0. The maximum absolute atomic E-state index is 9.74. The first kappa shape index (κ1) is 25.2. The topological polar surface area (TPSA) is 122 Å². The number of phosphoric acid groups is 1. The molecule has 0 saturated carbocycles. The molecule has 0 bridgehead atoms. The SMILES string of the molecule is NC(=O)NOP(=O)(O)O.[CaH2].[Cl][K].[MgH2]. The molecular weight excluding hydrogens is 290 g/mol. The first-order valence-corrected chi connectivity index (χ1v) is 7.92. The minimum absolute atomic E-state index is 0. The van der Waals surface area contributed by atoms with E-state index in [9.17, 15) is 9.36 Å². The molecule has 70 valence electrons. The van der Waals surface area contributed by atoms with E-state index >= 15 is 0 Å². The molecule has 0 rings (SSSR count).